The average Bonchev–Trinajstić information content (AvgIpc) is 2.68. The number of aromatic nitrogens is 1. The first-order valence-electron chi connectivity index (χ1n) is 5.44. The molecule has 76 valence electrons. The molecular weight excluding hydrogens is 172 g/mol. The highest BCUT2D eigenvalue weighted by atomic mass is 15.0. The van der Waals surface area contributed by atoms with Crippen molar-refractivity contribution in [1.82, 2.24) is 10.3 Å². The fourth-order valence-electron chi connectivity index (χ4n) is 2.49. The van der Waals surface area contributed by atoms with Gasteiger partial charge in [-0.3, -0.25) is 4.98 Å². The summed E-state index contributed by atoms with van der Waals surface area (Å²) < 4.78 is 0. The summed E-state index contributed by atoms with van der Waals surface area (Å²) in [6.07, 6.45) is 7.58. The van der Waals surface area contributed by atoms with E-state index in [1.807, 2.05) is 12.4 Å². The van der Waals surface area contributed by atoms with Crippen LogP contribution in [0.2, 0.25) is 0 Å². The SMILES string of the molecule is CCC1(c2cnccc2C)CCCN1. The first kappa shape index (κ1) is 9.66. The summed E-state index contributed by atoms with van der Waals surface area (Å²) in [5.74, 6) is 0. The van der Waals surface area contributed by atoms with Crippen LogP contribution in [0.15, 0.2) is 18.5 Å². The molecule has 1 unspecified atom stereocenters. The molecule has 0 aromatic carbocycles. The van der Waals surface area contributed by atoms with Gasteiger partial charge < -0.3 is 5.32 Å². The van der Waals surface area contributed by atoms with Crippen LogP contribution in [0.5, 0.6) is 0 Å². The van der Waals surface area contributed by atoms with Gasteiger partial charge in [0.1, 0.15) is 0 Å². The van der Waals surface area contributed by atoms with E-state index < -0.39 is 0 Å². The van der Waals surface area contributed by atoms with E-state index in [4.69, 9.17) is 0 Å². The quantitative estimate of drug-likeness (QED) is 0.774. The predicted octanol–water partition coefficient (Wildman–Crippen LogP) is 2.38. The van der Waals surface area contributed by atoms with Crippen molar-refractivity contribution < 1.29 is 0 Å². The smallest absolute Gasteiger partial charge is 0.0450 e. The summed E-state index contributed by atoms with van der Waals surface area (Å²) in [5, 5.41) is 3.64. The number of aryl methyl sites for hydroxylation is 1. The highest BCUT2D eigenvalue weighted by Gasteiger charge is 2.34. The molecule has 1 aliphatic heterocycles. The average molecular weight is 190 g/mol. The molecule has 1 fully saturated rings. The van der Waals surface area contributed by atoms with Gasteiger partial charge in [-0.15, -0.1) is 0 Å². The number of pyridine rings is 1. The summed E-state index contributed by atoms with van der Waals surface area (Å²) in [6.45, 7) is 5.57. The first-order chi connectivity index (χ1) is 6.78. The minimum atomic E-state index is 0.207. The van der Waals surface area contributed by atoms with E-state index in [0.29, 0.717) is 0 Å². The maximum Gasteiger partial charge on any atom is 0.0450 e. The number of hydrogen-bond donors (Lipinski definition) is 1. The van der Waals surface area contributed by atoms with Crippen molar-refractivity contribution >= 4 is 0 Å². The Morgan fingerprint density at radius 3 is 3.00 bits per heavy atom. The molecule has 1 atom stereocenters. The summed E-state index contributed by atoms with van der Waals surface area (Å²) in [5.41, 5.74) is 2.95. The van der Waals surface area contributed by atoms with Gasteiger partial charge in [0.05, 0.1) is 0 Å². The zero-order valence-electron chi connectivity index (χ0n) is 9.01. The molecule has 1 saturated heterocycles. The molecule has 2 nitrogen and oxygen atoms in total. The third kappa shape index (κ3) is 1.44. The molecular formula is C12H18N2. The van der Waals surface area contributed by atoms with E-state index in [9.17, 15) is 0 Å². The molecule has 0 spiro atoms. The molecule has 0 aliphatic carbocycles. The fourth-order valence-corrected chi connectivity index (χ4v) is 2.49. The van der Waals surface area contributed by atoms with E-state index in [0.717, 1.165) is 13.0 Å². The van der Waals surface area contributed by atoms with Crippen LogP contribution in [0, 0.1) is 6.92 Å². The highest BCUT2D eigenvalue weighted by Crippen LogP contribution is 2.35. The Balaban J connectivity index is 2.41. The van der Waals surface area contributed by atoms with Crippen molar-refractivity contribution in [1.29, 1.82) is 0 Å². The van der Waals surface area contributed by atoms with Crippen LogP contribution in [0.3, 0.4) is 0 Å². The Morgan fingerprint density at radius 1 is 1.57 bits per heavy atom. The lowest BCUT2D eigenvalue weighted by molar-refractivity contribution is 0.373. The van der Waals surface area contributed by atoms with Gasteiger partial charge in [-0.2, -0.15) is 0 Å². The van der Waals surface area contributed by atoms with Gasteiger partial charge in [0, 0.05) is 17.9 Å². The van der Waals surface area contributed by atoms with E-state index in [1.165, 1.54) is 24.0 Å². The Hall–Kier alpha value is -0.890. The van der Waals surface area contributed by atoms with Crippen molar-refractivity contribution in [2.75, 3.05) is 6.54 Å². The van der Waals surface area contributed by atoms with E-state index in [1.54, 1.807) is 0 Å². The van der Waals surface area contributed by atoms with Crippen molar-refractivity contribution in [3.05, 3.63) is 29.6 Å². The minimum absolute atomic E-state index is 0.207. The van der Waals surface area contributed by atoms with Crippen LogP contribution in [0.1, 0.15) is 37.3 Å². The van der Waals surface area contributed by atoms with Gasteiger partial charge >= 0.3 is 0 Å². The van der Waals surface area contributed by atoms with Gasteiger partial charge in [0.25, 0.3) is 0 Å². The van der Waals surface area contributed by atoms with Gasteiger partial charge in [-0.05, 0) is 49.9 Å². The second-order valence-electron chi connectivity index (χ2n) is 4.16. The highest BCUT2D eigenvalue weighted by molar-refractivity contribution is 5.30. The van der Waals surface area contributed by atoms with Crippen LogP contribution in [0.4, 0.5) is 0 Å². The topological polar surface area (TPSA) is 24.9 Å². The van der Waals surface area contributed by atoms with Gasteiger partial charge in [-0.25, -0.2) is 0 Å². The second-order valence-corrected chi connectivity index (χ2v) is 4.16. The van der Waals surface area contributed by atoms with Crippen molar-refractivity contribution in [2.24, 2.45) is 0 Å². The van der Waals surface area contributed by atoms with Crippen molar-refractivity contribution in [3.63, 3.8) is 0 Å². The van der Waals surface area contributed by atoms with E-state index in [-0.39, 0.29) is 5.54 Å². The lowest BCUT2D eigenvalue weighted by Crippen LogP contribution is -2.36. The van der Waals surface area contributed by atoms with E-state index >= 15 is 0 Å². The number of rotatable bonds is 2. The molecule has 1 N–H and O–H groups in total. The molecule has 2 heterocycles. The molecule has 1 aliphatic rings. The Labute approximate surface area is 85.7 Å². The van der Waals surface area contributed by atoms with Crippen LogP contribution in [0.25, 0.3) is 0 Å². The molecule has 1 aromatic rings. The standard InChI is InChI=1S/C12H18N2/c1-3-12(6-4-7-14-12)11-9-13-8-5-10(11)2/h5,8-9,14H,3-4,6-7H2,1-2H3. The summed E-state index contributed by atoms with van der Waals surface area (Å²) in [4.78, 5) is 4.24. The summed E-state index contributed by atoms with van der Waals surface area (Å²) >= 11 is 0. The Bertz CT molecular complexity index is 314. The normalized spacial score (nSPS) is 26.7. The molecule has 0 radical (unpaired) electrons. The second kappa shape index (κ2) is 3.70. The zero-order valence-corrected chi connectivity index (χ0v) is 9.01. The summed E-state index contributed by atoms with van der Waals surface area (Å²) in [7, 11) is 0. The minimum Gasteiger partial charge on any atom is -0.307 e. The monoisotopic (exact) mass is 190 g/mol. The zero-order chi connectivity index (χ0) is 10.0. The largest absolute Gasteiger partial charge is 0.307 e. The van der Waals surface area contributed by atoms with E-state index in [2.05, 4.69) is 30.2 Å². The van der Waals surface area contributed by atoms with Gasteiger partial charge in [0.2, 0.25) is 0 Å². The molecule has 0 amide bonds. The number of nitrogens with zero attached hydrogens (tertiary/aromatic N) is 1. The molecule has 0 bridgehead atoms. The lowest BCUT2D eigenvalue weighted by Gasteiger charge is -2.29. The Kier molecular flexibility index (Phi) is 2.55. The molecule has 2 heteroatoms. The third-order valence-electron chi connectivity index (χ3n) is 3.40. The predicted molar refractivity (Wildman–Crippen MR) is 58.2 cm³/mol. The lowest BCUT2D eigenvalue weighted by atomic mass is 9.84. The summed E-state index contributed by atoms with van der Waals surface area (Å²) in [6, 6.07) is 2.10. The maximum atomic E-state index is 4.24. The fraction of sp³-hybridized carbons (Fsp3) is 0.583. The molecule has 0 saturated carbocycles. The van der Waals surface area contributed by atoms with Crippen LogP contribution >= 0.6 is 0 Å². The van der Waals surface area contributed by atoms with Crippen LogP contribution < -0.4 is 5.32 Å². The van der Waals surface area contributed by atoms with Gasteiger partial charge in [-0.1, -0.05) is 6.92 Å². The van der Waals surface area contributed by atoms with Gasteiger partial charge in [0.15, 0.2) is 0 Å². The van der Waals surface area contributed by atoms with Crippen LogP contribution in [-0.2, 0) is 5.54 Å². The Morgan fingerprint density at radius 2 is 2.43 bits per heavy atom. The molecule has 2 rings (SSSR count). The number of hydrogen-bond acceptors (Lipinski definition) is 2. The van der Waals surface area contributed by atoms with Crippen molar-refractivity contribution in [3.8, 4) is 0 Å². The maximum absolute atomic E-state index is 4.24. The first-order valence-corrected chi connectivity index (χ1v) is 5.44. The number of nitrogens with one attached hydrogen (secondary N) is 1. The van der Waals surface area contributed by atoms with Crippen LogP contribution in [-0.4, -0.2) is 11.5 Å². The third-order valence-corrected chi connectivity index (χ3v) is 3.40. The molecule has 14 heavy (non-hydrogen) atoms. The van der Waals surface area contributed by atoms with Crippen molar-refractivity contribution in [2.45, 2.75) is 38.6 Å². The molecule has 1 aromatic heterocycles.